The van der Waals surface area contributed by atoms with Gasteiger partial charge in [-0.2, -0.15) is 5.10 Å². The minimum atomic E-state index is -3.50. The highest BCUT2D eigenvalue weighted by Crippen LogP contribution is 2.24. The summed E-state index contributed by atoms with van der Waals surface area (Å²) in [6, 6.07) is 1.25. The molecule has 1 aliphatic carbocycles. The summed E-state index contributed by atoms with van der Waals surface area (Å²) in [6.07, 6.45) is 5.14. The lowest BCUT2D eigenvalue weighted by molar-refractivity contribution is 0.418. The van der Waals surface area contributed by atoms with Crippen molar-refractivity contribution in [1.82, 2.24) is 14.9 Å². The highest BCUT2D eigenvalue weighted by atomic mass is 35.5. The molecule has 0 spiro atoms. The van der Waals surface area contributed by atoms with Gasteiger partial charge >= 0.3 is 0 Å². The Hall–Kier alpha value is -0.590. The molecule has 2 rings (SSSR count). The minimum Gasteiger partial charge on any atom is -0.266 e. The number of hydrogen-bond acceptors (Lipinski definition) is 3. The van der Waals surface area contributed by atoms with Crippen molar-refractivity contribution in [2.45, 2.75) is 42.1 Å². The lowest BCUT2D eigenvalue weighted by Gasteiger charge is -2.27. The third-order valence-corrected chi connectivity index (χ3v) is 4.69. The van der Waals surface area contributed by atoms with Crippen molar-refractivity contribution in [3.8, 4) is 0 Å². The second kappa shape index (κ2) is 4.73. The highest BCUT2D eigenvalue weighted by molar-refractivity contribution is 7.89. The molecular weight excluding hydrogens is 250 g/mol. The van der Waals surface area contributed by atoms with Crippen LogP contribution in [0.5, 0.6) is 0 Å². The Kier molecular flexibility index (Phi) is 3.51. The van der Waals surface area contributed by atoms with Gasteiger partial charge in [0.15, 0.2) is 5.03 Å². The van der Waals surface area contributed by atoms with Crippen LogP contribution in [0.3, 0.4) is 0 Å². The van der Waals surface area contributed by atoms with Crippen molar-refractivity contribution in [3.05, 3.63) is 12.3 Å². The maximum Gasteiger partial charge on any atom is 0.257 e. The summed E-state index contributed by atoms with van der Waals surface area (Å²) < 4.78 is 26.3. The van der Waals surface area contributed by atoms with E-state index in [1.54, 1.807) is 0 Å². The molecule has 1 fully saturated rings. The van der Waals surface area contributed by atoms with E-state index in [1.807, 2.05) is 0 Å². The summed E-state index contributed by atoms with van der Waals surface area (Å²) in [5.41, 5.74) is 0. The van der Waals surface area contributed by atoms with Crippen LogP contribution in [0.15, 0.2) is 17.3 Å². The van der Waals surface area contributed by atoms with Crippen molar-refractivity contribution in [1.29, 1.82) is 0 Å². The summed E-state index contributed by atoms with van der Waals surface area (Å²) >= 11 is 6.10. The standard InChI is InChI=1S/C9H14ClN3O2S/c10-7-3-1-2-4-8(7)13-16(14,15)9-5-6-11-12-9/h5-8,13H,1-4H2,(H,11,12). The van der Waals surface area contributed by atoms with E-state index in [4.69, 9.17) is 11.6 Å². The summed E-state index contributed by atoms with van der Waals surface area (Å²) in [7, 11) is -3.50. The lowest BCUT2D eigenvalue weighted by Crippen LogP contribution is -2.42. The summed E-state index contributed by atoms with van der Waals surface area (Å²) in [6.45, 7) is 0. The fourth-order valence-corrected chi connectivity index (χ4v) is 3.51. The topological polar surface area (TPSA) is 74.8 Å². The van der Waals surface area contributed by atoms with E-state index in [0.717, 1.165) is 25.7 Å². The van der Waals surface area contributed by atoms with E-state index < -0.39 is 10.0 Å². The molecule has 0 amide bonds. The van der Waals surface area contributed by atoms with Gasteiger partial charge in [0.05, 0.1) is 6.20 Å². The van der Waals surface area contributed by atoms with Gasteiger partial charge in [-0.05, 0) is 18.9 Å². The first-order valence-corrected chi connectivity index (χ1v) is 7.17. The molecule has 90 valence electrons. The number of halogens is 1. The van der Waals surface area contributed by atoms with Crippen LogP contribution in [0.2, 0.25) is 0 Å². The van der Waals surface area contributed by atoms with E-state index >= 15 is 0 Å². The number of aromatic nitrogens is 2. The fraction of sp³-hybridized carbons (Fsp3) is 0.667. The maximum atomic E-state index is 11.9. The number of nitrogens with one attached hydrogen (secondary N) is 2. The van der Waals surface area contributed by atoms with Crippen molar-refractivity contribution < 1.29 is 8.42 Å². The average molecular weight is 264 g/mol. The van der Waals surface area contributed by atoms with Gasteiger partial charge in [0.25, 0.3) is 10.0 Å². The van der Waals surface area contributed by atoms with Crippen LogP contribution in [0.4, 0.5) is 0 Å². The van der Waals surface area contributed by atoms with E-state index in [9.17, 15) is 8.42 Å². The second-order valence-electron chi connectivity index (χ2n) is 3.95. The Balaban J connectivity index is 2.09. The van der Waals surface area contributed by atoms with E-state index in [2.05, 4.69) is 14.9 Å². The third-order valence-electron chi connectivity index (χ3n) is 2.75. The molecule has 5 nitrogen and oxygen atoms in total. The van der Waals surface area contributed by atoms with Crippen LogP contribution < -0.4 is 4.72 Å². The van der Waals surface area contributed by atoms with Crippen LogP contribution in [-0.4, -0.2) is 30.0 Å². The SMILES string of the molecule is O=S(=O)(NC1CCCCC1Cl)c1ccn[nH]1. The minimum absolute atomic E-state index is 0.0851. The largest absolute Gasteiger partial charge is 0.266 e. The van der Waals surface area contributed by atoms with Crippen molar-refractivity contribution in [2.75, 3.05) is 0 Å². The van der Waals surface area contributed by atoms with Gasteiger partial charge in [0.2, 0.25) is 0 Å². The first kappa shape index (κ1) is 11.9. The molecule has 2 atom stereocenters. The Morgan fingerprint density at radius 2 is 2.19 bits per heavy atom. The van der Waals surface area contributed by atoms with Crippen molar-refractivity contribution in [3.63, 3.8) is 0 Å². The summed E-state index contributed by atoms with van der Waals surface area (Å²) in [5.74, 6) is 0. The van der Waals surface area contributed by atoms with Gasteiger partial charge in [-0.3, -0.25) is 5.10 Å². The Morgan fingerprint density at radius 1 is 1.44 bits per heavy atom. The summed E-state index contributed by atoms with van der Waals surface area (Å²) in [4.78, 5) is 0. The summed E-state index contributed by atoms with van der Waals surface area (Å²) in [5, 5.41) is 6.03. The van der Waals surface area contributed by atoms with Crippen LogP contribution >= 0.6 is 11.6 Å². The number of hydrogen-bond donors (Lipinski definition) is 2. The predicted octanol–water partition coefficient (Wildman–Crippen LogP) is 1.24. The van der Waals surface area contributed by atoms with Gasteiger partial charge in [0, 0.05) is 11.4 Å². The van der Waals surface area contributed by atoms with Gasteiger partial charge in [-0.15, -0.1) is 11.6 Å². The maximum absolute atomic E-state index is 11.9. The molecule has 0 saturated heterocycles. The number of sulfonamides is 1. The first-order chi connectivity index (χ1) is 7.59. The lowest BCUT2D eigenvalue weighted by atomic mass is 9.96. The van der Waals surface area contributed by atoms with Crippen LogP contribution in [0, 0.1) is 0 Å². The Labute approximate surface area is 99.6 Å². The molecule has 0 radical (unpaired) electrons. The molecular formula is C9H14ClN3O2S. The molecule has 1 aromatic heterocycles. The normalized spacial score (nSPS) is 26.8. The van der Waals surface area contributed by atoms with Crippen molar-refractivity contribution >= 4 is 21.6 Å². The van der Waals surface area contributed by atoms with Gasteiger partial charge < -0.3 is 0 Å². The van der Waals surface area contributed by atoms with Crippen molar-refractivity contribution in [2.24, 2.45) is 0 Å². The van der Waals surface area contributed by atoms with Gasteiger partial charge in [-0.1, -0.05) is 12.8 Å². The number of aromatic amines is 1. The number of alkyl halides is 1. The smallest absolute Gasteiger partial charge is 0.257 e. The molecule has 1 heterocycles. The monoisotopic (exact) mass is 263 g/mol. The zero-order valence-electron chi connectivity index (χ0n) is 8.69. The highest BCUT2D eigenvalue weighted by Gasteiger charge is 2.28. The van der Waals surface area contributed by atoms with Crippen LogP contribution in [0.25, 0.3) is 0 Å². The molecule has 1 aromatic rings. The van der Waals surface area contributed by atoms with Gasteiger partial charge in [-0.25, -0.2) is 13.1 Å². The zero-order chi connectivity index (χ0) is 11.6. The fourth-order valence-electron chi connectivity index (χ4n) is 1.87. The second-order valence-corrected chi connectivity index (χ2v) is 6.19. The molecule has 2 N–H and O–H groups in total. The molecule has 16 heavy (non-hydrogen) atoms. The molecule has 1 aliphatic rings. The average Bonchev–Trinajstić information content (AvgIpc) is 2.75. The molecule has 0 aromatic carbocycles. The zero-order valence-corrected chi connectivity index (χ0v) is 10.3. The molecule has 2 unspecified atom stereocenters. The first-order valence-electron chi connectivity index (χ1n) is 5.25. The van der Waals surface area contributed by atoms with Gasteiger partial charge in [0.1, 0.15) is 0 Å². The Bertz CT molecular complexity index is 432. The van der Waals surface area contributed by atoms with E-state index in [1.165, 1.54) is 12.3 Å². The predicted molar refractivity (Wildman–Crippen MR) is 60.8 cm³/mol. The third kappa shape index (κ3) is 2.56. The molecule has 7 heteroatoms. The number of H-pyrrole nitrogens is 1. The van der Waals surface area contributed by atoms with E-state index in [-0.39, 0.29) is 16.4 Å². The van der Waals surface area contributed by atoms with Crippen LogP contribution in [-0.2, 0) is 10.0 Å². The Morgan fingerprint density at radius 3 is 2.81 bits per heavy atom. The van der Waals surface area contributed by atoms with E-state index in [0.29, 0.717) is 0 Å². The molecule has 0 bridgehead atoms. The molecule has 1 saturated carbocycles. The van der Waals surface area contributed by atoms with Crippen LogP contribution in [0.1, 0.15) is 25.7 Å². The number of rotatable bonds is 3. The quantitative estimate of drug-likeness (QED) is 0.806. The molecule has 0 aliphatic heterocycles. The number of nitrogens with zero attached hydrogens (tertiary/aromatic N) is 1.